The summed E-state index contributed by atoms with van der Waals surface area (Å²) in [5.41, 5.74) is 2.73. The van der Waals surface area contributed by atoms with Crippen molar-refractivity contribution in [2.75, 3.05) is 0 Å². The summed E-state index contributed by atoms with van der Waals surface area (Å²) in [7, 11) is 0. The Morgan fingerprint density at radius 2 is 2.02 bits per heavy atom. The molecule has 1 unspecified atom stereocenters. The van der Waals surface area contributed by atoms with Gasteiger partial charge in [0.1, 0.15) is 30.5 Å². The van der Waals surface area contributed by atoms with E-state index in [9.17, 15) is 18.0 Å². The van der Waals surface area contributed by atoms with Crippen molar-refractivity contribution in [2.24, 2.45) is 5.92 Å². The number of rotatable bonds is 10. The van der Waals surface area contributed by atoms with Crippen LogP contribution in [-0.2, 0) is 24.6 Å². The van der Waals surface area contributed by atoms with E-state index in [0.717, 1.165) is 28.3 Å². The lowest BCUT2D eigenvalue weighted by Gasteiger charge is -2.21. The normalized spacial score (nSPS) is 15.3. The van der Waals surface area contributed by atoms with E-state index < -0.39 is 23.6 Å². The van der Waals surface area contributed by atoms with Gasteiger partial charge in [-0.25, -0.2) is 18.2 Å². The maximum Gasteiger partial charge on any atom is 0.323 e. The first-order valence-electron chi connectivity index (χ1n) is 12.6. The fourth-order valence-electron chi connectivity index (χ4n) is 4.53. The molecule has 0 saturated carbocycles. The zero-order chi connectivity index (χ0) is 28.4. The Balaban J connectivity index is 1.38. The fourth-order valence-corrected chi connectivity index (χ4v) is 5.53. The Morgan fingerprint density at radius 3 is 2.73 bits per heavy atom. The monoisotopic (exact) mass is 568 g/mol. The number of aromatic nitrogens is 2. The zero-order valence-corrected chi connectivity index (χ0v) is 22.7. The molecule has 0 fully saturated rings. The molecular weight excluding hydrogens is 541 g/mol. The fraction of sp³-hybridized carbons (Fsp3) is 0.267. The smallest absolute Gasteiger partial charge is 0.323 e. The van der Waals surface area contributed by atoms with Crippen molar-refractivity contribution in [3.05, 3.63) is 93.8 Å². The lowest BCUT2D eigenvalue weighted by atomic mass is 9.92. The second-order valence-corrected chi connectivity index (χ2v) is 10.8. The predicted molar refractivity (Wildman–Crippen MR) is 147 cm³/mol. The number of ether oxygens (including phenoxy) is 2. The topological polar surface area (TPSA) is 73.6 Å². The molecule has 0 radical (unpaired) electrons. The molecular formula is C30H27F3N2O4S. The summed E-state index contributed by atoms with van der Waals surface area (Å²) < 4.78 is 55.4. The maximum absolute atomic E-state index is 14.4. The van der Waals surface area contributed by atoms with Crippen LogP contribution in [0.25, 0.3) is 16.5 Å². The molecule has 1 aliphatic carbocycles. The molecule has 1 N–H and O–H groups in total. The highest BCUT2D eigenvalue weighted by molar-refractivity contribution is 7.12. The Hall–Kier alpha value is -4.05. The first kappa shape index (κ1) is 27.5. The van der Waals surface area contributed by atoms with Crippen LogP contribution in [0.4, 0.5) is 13.2 Å². The third-order valence-electron chi connectivity index (χ3n) is 6.71. The van der Waals surface area contributed by atoms with Crippen molar-refractivity contribution in [3.63, 3.8) is 0 Å². The number of carboxylic acids is 1. The molecule has 4 aromatic rings. The third-order valence-corrected chi connectivity index (χ3v) is 7.83. The highest BCUT2D eigenvalue weighted by Gasteiger charge is 2.32. The molecule has 1 atom stereocenters. The van der Waals surface area contributed by atoms with E-state index in [2.05, 4.69) is 0 Å². The van der Waals surface area contributed by atoms with Crippen molar-refractivity contribution in [1.29, 1.82) is 0 Å². The van der Waals surface area contributed by atoms with Crippen LogP contribution < -0.4 is 9.47 Å². The Labute approximate surface area is 233 Å². The summed E-state index contributed by atoms with van der Waals surface area (Å²) in [5.74, 6) is -4.36. The van der Waals surface area contributed by atoms with Gasteiger partial charge in [-0.05, 0) is 56.2 Å². The van der Waals surface area contributed by atoms with Gasteiger partial charge in [-0.1, -0.05) is 30.4 Å². The van der Waals surface area contributed by atoms with E-state index in [1.165, 1.54) is 23.5 Å². The van der Waals surface area contributed by atoms with Crippen molar-refractivity contribution in [1.82, 2.24) is 9.55 Å². The highest BCUT2D eigenvalue weighted by Crippen LogP contribution is 2.36. The predicted octanol–water partition coefficient (Wildman–Crippen LogP) is 7.40. The third kappa shape index (κ3) is 6.07. The number of alkyl halides is 2. The first-order valence-corrected chi connectivity index (χ1v) is 13.5. The van der Waals surface area contributed by atoms with Crippen LogP contribution >= 0.6 is 11.3 Å². The minimum atomic E-state index is -2.81. The van der Waals surface area contributed by atoms with Crippen LogP contribution in [0.2, 0.25) is 0 Å². The summed E-state index contributed by atoms with van der Waals surface area (Å²) in [4.78, 5) is 16.6. The first-order chi connectivity index (χ1) is 19.1. The maximum atomic E-state index is 14.4. The second-order valence-electron chi connectivity index (χ2n) is 9.73. The molecule has 2 heterocycles. The highest BCUT2D eigenvalue weighted by atomic mass is 32.1. The van der Waals surface area contributed by atoms with Crippen LogP contribution in [0.1, 0.15) is 34.5 Å². The van der Waals surface area contributed by atoms with Crippen LogP contribution in [0.3, 0.4) is 0 Å². The van der Waals surface area contributed by atoms with Gasteiger partial charge in [-0.2, -0.15) is 0 Å². The van der Waals surface area contributed by atoms with E-state index in [0.29, 0.717) is 22.0 Å². The number of halogens is 3. The number of nitrogens with zero attached hydrogens (tertiary/aromatic N) is 2. The molecule has 0 bridgehead atoms. The molecule has 0 saturated heterocycles. The molecule has 10 heteroatoms. The van der Waals surface area contributed by atoms with Crippen LogP contribution in [-0.4, -0.2) is 26.5 Å². The summed E-state index contributed by atoms with van der Waals surface area (Å²) in [6.07, 6.45) is 6.84. The zero-order valence-electron chi connectivity index (χ0n) is 21.9. The van der Waals surface area contributed by atoms with Gasteiger partial charge in [0.2, 0.25) is 0 Å². The number of hydrogen-bond donors (Lipinski definition) is 1. The van der Waals surface area contributed by atoms with Crippen LogP contribution in [0, 0.1) is 18.7 Å². The van der Waals surface area contributed by atoms with Gasteiger partial charge in [-0.15, -0.1) is 11.3 Å². The largest absolute Gasteiger partial charge is 0.488 e. The van der Waals surface area contributed by atoms with Gasteiger partial charge in [-0.3, -0.25) is 4.79 Å². The molecule has 0 amide bonds. The summed E-state index contributed by atoms with van der Waals surface area (Å²) in [6, 6.07) is 11.9. The van der Waals surface area contributed by atoms with Crippen molar-refractivity contribution < 1.29 is 32.5 Å². The molecule has 2 aromatic carbocycles. The molecule has 1 aliphatic rings. The SMILES string of the molecule is Cc1cccc(F)c1OCc1nc(C2=CCC(C(C)(F)F)C=C2)sc1COc1ccc2c(ccn2CC(=O)O)c1. The number of allylic oxidation sites excluding steroid dienone is 4. The number of aliphatic carboxylic acids is 1. The van der Waals surface area contributed by atoms with Crippen molar-refractivity contribution in [2.45, 2.75) is 45.9 Å². The summed E-state index contributed by atoms with van der Waals surface area (Å²) in [6.45, 7) is 2.69. The lowest BCUT2D eigenvalue weighted by molar-refractivity contribution is -0.137. The average molecular weight is 569 g/mol. The molecule has 208 valence electrons. The molecule has 2 aromatic heterocycles. The molecule has 0 aliphatic heterocycles. The van der Waals surface area contributed by atoms with Gasteiger partial charge in [0.15, 0.2) is 11.6 Å². The summed E-state index contributed by atoms with van der Waals surface area (Å²) in [5, 5.41) is 10.6. The van der Waals surface area contributed by atoms with Gasteiger partial charge >= 0.3 is 5.97 Å². The molecule has 6 nitrogen and oxygen atoms in total. The average Bonchev–Trinajstić information content (AvgIpc) is 3.50. The standard InChI is InChI=1S/C30H27F3N2O4S/c1-18-4-3-5-23(31)28(18)39-16-24-26(40-29(34-24)19-6-8-21(9-7-19)30(2,32)33)17-38-22-10-11-25-20(14-22)12-13-35(25)15-27(36)37/h3-8,10-14,21H,9,15-17H2,1-2H3,(H,36,37). The molecule has 5 rings (SSSR count). The van der Waals surface area contributed by atoms with Gasteiger partial charge < -0.3 is 19.1 Å². The van der Waals surface area contributed by atoms with Gasteiger partial charge in [0.05, 0.1) is 10.6 Å². The molecule has 40 heavy (non-hydrogen) atoms. The Kier molecular flexibility index (Phi) is 7.71. The lowest BCUT2D eigenvalue weighted by Crippen LogP contribution is -2.23. The number of carboxylic acid groups (broad SMARTS) is 1. The van der Waals surface area contributed by atoms with Crippen LogP contribution in [0.15, 0.2) is 66.9 Å². The number of carbonyl (C=O) groups is 1. The van der Waals surface area contributed by atoms with E-state index in [4.69, 9.17) is 19.6 Å². The van der Waals surface area contributed by atoms with Gasteiger partial charge in [0.25, 0.3) is 5.92 Å². The minimum absolute atomic E-state index is 0.000686. The van der Waals surface area contributed by atoms with Crippen LogP contribution in [0.5, 0.6) is 11.5 Å². The number of aryl methyl sites for hydroxylation is 1. The van der Waals surface area contributed by atoms with Crippen molar-refractivity contribution in [3.8, 4) is 11.5 Å². The number of benzene rings is 2. The number of thiazole rings is 1. The molecule has 0 spiro atoms. The van der Waals surface area contributed by atoms with E-state index in [1.54, 1.807) is 54.1 Å². The van der Waals surface area contributed by atoms with Crippen molar-refractivity contribution >= 4 is 33.8 Å². The minimum Gasteiger partial charge on any atom is -0.488 e. The van der Waals surface area contributed by atoms with Gasteiger partial charge in [0, 0.05) is 28.6 Å². The Morgan fingerprint density at radius 1 is 1.20 bits per heavy atom. The van der Waals surface area contributed by atoms with E-state index >= 15 is 0 Å². The Bertz CT molecular complexity index is 1600. The number of hydrogen-bond acceptors (Lipinski definition) is 5. The number of fused-ring (bicyclic) bond motifs is 1. The summed E-state index contributed by atoms with van der Waals surface area (Å²) >= 11 is 1.37. The quantitative estimate of drug-likeness (QED) is 0.216. The van der Waals surface area contributed by atoms with E-state index in [-0.39, 0.29) is 31.9 Å². The second kappa shape index (κ2) is 11.2. The number of para-hydroxylation sites is 1. The van der Waals surface area contributed by atoms with E-state index in [1.807, 2.05) is 12.1 Å².